The van der Waals surface area contributed by atoms with Crippen molar-refractivity contribution < 1.29 is 4.79 Å². The Balaban J connectivity index is 1.67. The first kappa shape index (κ1) is 20.7. The molecule has 1 unspecified atom stereocenters. The minimum atomic E-state index is -0.856. The average molecular weight is 393 g/mol. The van der Waals surface area contributed by atoms with Crippen LogP contribution in [0.15, 0.2) is 41.2 Å². The van der Waals surface area contributed by atoms with E-state index in [1.807, 2.05) is 31.2 Å². The Morgan fingerprint density at radius 3 is 2.55 bits per heavy atom. The zero-order valence-electron chi connectivity index (χ0n) is 16.7. The predicted molar refractivity (Wildman–Crippen MR) is 111 cm³/mol. The summed E-state index contributed by atoms with van der Waals surface area (Å²) in [7, 11) is 0. The van der Waals surface area contributed by atoms with Crippen LogP contribution in [0, 0.1) is 11.3 Å². The monoisotopic (exact) mass is 393 g/mol. The summed E-state index contributed by atoms with van der Waals surface area (Å²) in [6.45, 7) is 2.38. The van der Waals surface area contributed by atoms with Crippen LogP contribution in [0.2, 0.25) is 0 Å². The maximum atomic E-state index is 12.6. The second-order valence-corrected chi connectivity index (χ2v) is 7.65. The number of benzene rings is 1. The lowest BCUT2D eigenvalue weighted by molar-refractivity contribution is -0.127. The van der Waals surface area contributed by atoms with Gasteiger partial charge in [-0.25, -0.2) is 4.68 Å². The largest absolute Gasteiger partial charge is 0.338 e. The molecule has 152 valence electrons. The third-order valence-corrected chi connectivity index (χ3v) is 5.51. The van der Waals surface area contributed by atoms with E-state index in [0.717, 1.165) is 30.4 Å². The van der Waals surface area contributed by atoms with Crippen molar-refractivity contribution in [3.8, 4) is 17.3 Å². The van der Waals surface area contributed by atoms with Crippen molar-refractivity contribution in [1.82, 2.24) is 15.1 Å². The molecule has 1 aromatic heterocycles. The van der Waals surface area contributed by atoms with Gasteiger partial charge in [0.2, 0.25) is 5.91 Å². The topological polar surface area (TPSA) is 114 Å². The first-order valence-electron chi connectivity index (χ1n) is 10.1. The average Bonchev–Trinajstić information content (AvgIpc) is 2.74. The number of hydrogen-bond acceptors (Lipinski definition) is 5. The fourth-order valence-corrected chi connectivity index (χ4v) is 3.72. The number of carbonyl (C=O) groups is 1. The lowest BCUT2D eigenvalue weighted by Crippen LogP contribution is -2.57. The lowest BCUT2D eigenvalue weighted by Gasteiger charge is -2.32. The van der Waals surface area contributed by atoms with E-state index in [2.05, 4.69) is 16.5 Å². The molecule has 1 aliphatic carbocycles. The molecule has 29 heavy (non-hydrogen) atoms. The lowest BCUT2D eigenvalue weighted by atomic mass is 9.81. The molecule has 3 N–H and O–H groups in total. The summed E-state index contributed by atoms with van der Waals surface area (Å²) in [5.74, 6) is -0.230. The third kappa shape index (κ3) is 4.90. The Hall–Kier alpha value is -2.98. The van der Waals surface area contributed by atoms with Gasteiger partial charge in [-0.3, -0.25) is 9.59 Å². The highest BCUT2D eigenvalue weighted by atomic mass is 16.2. The van der Waals surface area contributed by atoms with E-state index in [4.69, 9.17) is 5.73 Å². The predicted octanol–water partition coefficient (Wildman–Crippen LogP) is 2.14. The van der Waals surface area contributed by atoms with E-state index >= 15 is 0 Å². The minimum Gasteiger partial charge on any atom is -0.338 e. The van der Waals surface area contributed by atoms with Crippen molar-refractivity contribution in [2.75, 3.05) is 0 Å². The normalized spacial score (nSPS) is 16.6. The fraction of sp³-hybridized carbons (Fsp3) is 0.455. The number of nitrogens with one attached hydrogen (secondary N) is 1. The van der Waals surface area contributed by atoms with E-state index < -0.39 is 11.6 Å². The van der Waals surface area contributed by atoms with E-state index in [1.165, 1.54) is 10.7 Å². The second-order valence-electron chi connectivity index (χ2n) is 7.65. The smallest absolute Gasteiger partial charge is 0.266 e. The van der Waals surface area contributed by atoms with Crippen molar-refractivity contribution in [2.24, 2.45) is 5.73 Å². The number of nitriles is 1. The SMILES string of the molecule is CCn1nc(-c2ccc(CC(C#N)NC(=O)C3(N)CCCCC3)cc2)ccc1=O. The number of nitrogens with two attached hydrogens (primary N) is 1. The van der Waals surface area contributed by atoms with Crippen LogP contribution in [0.5, 0.6) is 0 Å². The highest BCUT2D eigenvalue weighted by molar-refractivity contribution is 5.86. The molecule has 0 aliphatic heterocycles. The van der Waals surface area contributed by atoms with Crippen molar-refractivity contribution in [3.63, 3.8) is 0 Å². The summed E-state index contributed by atoms with van der Waals surface area (Å²) in [5.41, 5.74) is 7.81. The van der Waals surface area contributed by atoms with Gasteiger partial charge in [0.25, 0.3) is 5.56 Å². The van der Waals surface area contributed by atoms with Crippen LogP contribution in [0.4, 0.5) is 0 Å². The molecule has 7 heteroatoms. The molecular weight excluding hydrogens is 366 g/mol. The molecule has 1 aromatic carbocycles. The van der Waals surface area contributed by atoms with Crippen molar-refractivity contribution in [1.29, 1.82) is 5.26 Å². The number of aryl methyl sites for hydroxylation is 1. The van der Waals surface area contributed by atoms with Crippen molar-refractivity contribution in [2.45, 2.75) is 63.6 Å². The molecule has 1 fully saturated rings. The maximum Gasteiger partial charge on any atom is 0.266 e. The van der Waals surface area contributed by atoms with E-state index in [1.54, 1.807) is 6.07 Å². The minimum absolute atomic E-state index is 0.129. The van der Waals surface area contributed by atoms with Gasteiger partial charge in [0, 0.05) is 24.6 Å². The van der Waals surface area contributed by atoms with Gasteiger partial charge >= 0.3 is 0 Å². The van der Waals surface area contributed by atoms with Crippen LogP contribution >= 0.6 is 0 Å². The van der Waals surface area contributed by atoms with Gasteiger partial charge in [0.05, 0.1) is 17.3 Å². The summed E-state index contributed by atoms with van der Waals surface area (Å²) >= 11 is 0. The molecule has 0 spiro atoms. The summed E-state index contributed by atoms with van der Waals surface area (Å²) in [4.78, 5) is 24.3. The Bertz CT molecular complexity index is 952. The molecule has 1 amide bonds. The van der Waals surface area contributed by atoms with Crippen LogP contribution < -0.4 is 16.6 Å². The molecule has 3 rings (SSSR count). The number of rotatable bonds is 6. The third-order valence-electron chi connectivity index (χ3n) is 5.51. The van der Waals surface area contributed by atoms with Gasteiger partial charge in [-0.1, -0.05) is 43.5 Å². The first-order valence-corrected chi connectivity index (χ1v) is 10.1. The number of carbonyl (C=O) groups excluding carboxylic acids is 1. The second kappa shape index (κ2) is 9.01. The zero-order valence-corrected chi connectivity index (χ0v) is 16.7. The van der Waals surface area contributed by atoms with Crippen LogP contribution in [-0.4, -0.2) is 27.3 Å². The van der Waals surface area contributed by atoms with Crippen molar-refractivity contribution in [3.05, 3.63) is 52.3 Å². The van der Waals surface area contributed by atoms with E-state index in [9.17, 15) is 14.9 Å². The molecule has 1 heterocycles. The van der Waals surface area contributed by atoms with Gasteiger partial charge < -0.3 is 11.1 Å². The van der Waals surface area contributed by atoms with Crippen LogP contribution in [0.3, 0.4) is 0 Å². The van der Waals surface area contributed by atoms with Gasteiger partial charge in [0.15, 0.2) is 0 Å². The zero-order chi connectivity index (χ0) is 20.9. The van der Waals surface area contributed by atoms with E-state index in [-0.39, 0.29) is 11.5 Å². The first-order chi connectivity index (χ1) is 13.9. The van der Waals surface area contributed by atoms with Crippen LogP contribution in [-0.2, 0) is 17.8 Å². The highest BCUT2D eigenvalue weighted by Crippen LogP contribution is 2.26. The van der Waals surface area contributed by atoms with Gasteiger partial charge in [-0.05, 0) is 31.4 Å². The van der Waals surface area contributed by atoms with E-state index in [0.29, 0.717) is 31.5 Å². The molecule has 0 bridgehead atoms. The highest BCUT2D eigenvalue weighted by Gasteiger charge is 2.36. The summed E-state index contributed by atoms with van der Waals surface area (Å²) in [5, 5.41) is 16.7. The van der Waals surface area contributed by atoms with Crippen LogP contribution in [0.25, 0.3) is 11.3 Å². The Labute approximate surface area is 170 Å². The molecule has 1 atom stereocenters. The van der Waals surface area contributed by atoms with Gasteiger partial charge in [-0.2, -0.15) is 10.4 Å². The number of amides is 1. The maximum absolute atomic E-state index is 12.6. The molecule has 0 saturated heterocycles. The Kier molecular flexibility index (Phi) is 6.45. The number of hydrogen-bond donors (Lipinski definition) is 2. The molecule has 0 radical (unpaired) electrons. The molecular formula is C22H27N5O2. The molecule has 1 saturated carbocycles. The van der Waals surface area contributed by atoms with Crippen LogP contribution in [0.1, 0.15) is 44.6 Å². The van der Waals surface area contributed by atoms with Crippen molar-refractivity contribution >= 4 is 5.91 Å². The fourth-order valence-electron chi connectivity index (χ4n) is 3.72. The summed E-state index contributed by atoms with van der Waals surface area (Å²) in [6.07, 6.45) is 4.73. The standard InChI is InChI=1S/C22H27N5O2/c1-2-27-20(28)11-10-19(26-27)17-8-6-16(7-9-17)14-18(15-23)25-21(29)22(24)12-4-3-5-13-22/h6-11,18H,2-5,12-14,24H2,1H3,(H,25,29). The number of nitrogens with zero attached hydrogens (tertiary/aromatic N) is 3. The Morgan fingerprint density at radius 1 is 1.24 bits per heavy atom. The summed E-state index contributed by atoms with van der Waals surface area (Å²) in [6, 6.07) is 12.4. The number of aromatic nitrogens is 2. The summed E-state index contributed by atoms with van der Waals surface area (Å²) < 4.78 is 1.42. The molecule has 7 nitrogen and oxygen atoms in total. The Morgan fingerprint density at radius 2 is 1.93 bits per heavy atom. The molecule has 2 aromatic rings. The van der Waals surface area contributed by atoms with Gasteiger partial charge in [-0.15, -0.1) is 0 Å². The molecule has 1 aliphatic rings. The quantitative estimate of drug-likeness (QED) is 0.780. The van der Waals surface area contributed by atoms with Gasteiger partial charge in [0.1, 0.15) is 6.04 Å².